The summed E-state index contributed by atoms with van der Waals surface area (Å²) in [5, 5.41) is 238. The number of hydrazine groups is 1. The maximum absolute atomic E-state index is 12.2. The van der Waals surface area contributed by atoms with E-state index in [1.807, 2.05) is 47.8 Å². The van der Waals surface area contributed by atoms with Crippen molar-refractivity contribution in [1.29, 1.82) is 0 Å². The van der Waals surface area contributed by atoms with E-state index in [1.165, 1.54) is 29.8 Å². The van der Waals surface area contributed by atoms with E-state index in [9.17, 15) is 97.0 Å². The largest absolute Gasteiger partial charge is 0.394 e. The molecular weight excluding hydrogens is 1530 g/mol. The van der Waals surface area contributed by atoms with Crippen LogP contribution in [-0.2, 0) is 92.5 Å². The number of ether oxygens (including phenoxy) is 14. The fourth-order valence-electron chi connectivity index (χ4n) is 15.6. The standard InChI is InChI=1S/C69H96N8O33S2/c1-97-57-35(15-78)100-65(51(91)45(57)85)108-61-38(18-81)102-67(54(94)48(61)88)106-59-34-12-72-10-27-22-112-41(76-27)14-74-31-8-30(28-4-2-23-6-25(77-70)7-24-3-5-29(31)43(28)42(23)24)73-13-40-75-26(21-111-40)9-71-11-33-58(44(84)32(83)20-98-33)105-66-53(93)47(87)62(37(17-80)101-66)109-69-56(96)50(90)63(39(19-82)104-69)110-68-55(95)49(89)60(36(16-79)103-68)107-64(99-34)52(92)46(59)86/h2-8,21-22,32-39,44-69,71-74,77-96H,9-20,70H2,1H3/t32?,33-,34-,35-,36-,37-,38-,39-,44?,45?,46?,47?,48?,49?,50?,51?,52?,53?,54?,55?,56?,57-,58-,59-,60-,61-,62-,63-,64-,65-,66-,67-,68-,69-/m1/s1. The number of aliphatic hydroxyl groups excluding tert-OH is 19. The summed E-state index contributed by atoms with van der Waals surface area (Å²) in [6, 6.07) is 14.0. The van der Waals surface area contributed by atoms with Crippen LogP contribution >= 0.6 is 22.7 Å². The van der Waals surface area contributed by atoms with Gasteiger partial charge in [-0.2, -0.15) is 0 Å². The van der Waals surface area contributed by atoms with Crippen LogP contribution in [0.1, 0.15) is 21.4 Å². The summed E-state index contributed by atoms with van der Waals surface area (Å²) in [4.78, 5) is 9.78. The van der Waals surface area contributed by atoms with E-state index in [-0.39, 0.29) is 45.9 Å². The molecule has 6 aromatic rings. The number of hydrogen-bond donors (Lipinski definition) is 25. The van der Waals surface area contributed by atoms with Crippen LogP contribution in [0.15, 0.2) is 53.2 Å². The fraction of sp³-hybridized carbons (Fsp3) is 0.681. The SMILES string of the molecule is CO[C@H]1C(O)C(O)[C@@H](O[C@H]2C(O)C(O)[C@@H](O[C@H]3C(O)C(O)[C@@H]4O[C@@H]3CNCc3csc(n3)CNc3cc(c5ccc6cc(NN)cc7ccc3c5c67)NCc3nc(cs3)CNC[C@H]3OCC(O)C(O)[C@@H]3O[C@H]3O[C@H](CO)[C@@H](O[C@H]5O[C@H](CO)[C@@H](O[C@H]6O[C@H](CO)[C@@H](O4)C(O)C6O)C(O)C5O)C(O)C3O)O[C@@H]2CO)O[C@@H]1CO. The van der Waals surface area contributed by atoms with Crippen LogP contribution in [-0.4, -0.2) is 375 Å². The predicted molar refractivity (Wildman–Crippen MR) is 382 cm³/mol. The van der Waals surface area contributed by atoms with E-state index in [0.717, 1.165) is 43.7 Å². The van der Waals surface area contributed by atoms with Crippen molar-refractivity contribution in [3.8, 4) is 0 Å². The Hall–Kier alpha value is -4.86. The monoisotopic (exact) mass is 1630 g/mol. The number of anilines is 3. The molecular formula is C69H96N8O33S2. The van der Waals surface area contributed by atoms with Crippen molar-refractivity contribution in [2.24, 2.45) is 5.84 Å². The molecule has 17 rings (SSSR count). The van der Waals surface area contributed by atoms with Crippen LogP contribution in [0.4, 0.5) is 17.1 Å². The number of fused-ring (bicyclic) bond motifs is 3. The van der Waals surface area contributed by atoms with Gasteiger partial charge in [0, 0.05) is 77.3 Å². The minimum absolute atomic E-state index is 0.00211. The van der Waals surface area contributed by atoms with Crippen LogP contribution in [0, 0.1) is 0 Å². The van der Waals surface area contributed by atoms with E-state index in [0.29, 0.717) is 27.1 Å². The van der Waals surface area contributed by atoms with Crippen molar-refractivity contribution in [2.75, 3.05) is 75.9 Å². The van der Waals surface area contributed by atoms with Gasteiger partial charge in [0.1, 0.15) is 175 Å². The number of aliphatic hydroxyl groups is 19. The van der Waals surface area contributed by atoms with Gasteiger partial charge in [-0.3, -0.25) is 5.84 Å². The second-order valence-corrected chi connectivity index (χ2v) is 30.6. The van der Waals surface area contributed by atoms with E-state index in [2.05, 4.69) is 26.7 Å². The Labute approximate surface area is 644 Å². The van der Waals surface area contributed by atoms with Gasteiger partial charge in [-0.15, -0.1) is 22.7 Å². The number of aromatic nitrogens is 2. The average Bonchev–Trinajstić information content (AvgIpc) is 0.780. The fourth-order valence-corrected chi connectivity index (χ4v) is 17.1. The molecule has 14 unspecified atom stereocenters. The molecule has 0 amide bonds. The summed E-state index contributed by atoms with van der Waals surface area (Å²) >= 11 is 2.73. The molecule has 0 saturated carbocycles. The van der Waals surface area contributed by atoms with Gasteiger partial charge in [-0.05, 0) is 34.4 Å². The first-order chi connectivity index (χ1) is 54.0. The van der Waals surface area contributed by atoms with Crippen molar-refractivity contribution in [1.82, 2.24) is 20.6 Å². The van der Waals surface area contributed by atoms with E-state index in [4.69, 9.17) is 82.1 Å². The Morgan fingerprint density at radius 3 is 1.32 bits per heavy atom. The summed E-state index contributed by atoms with van der Waals surface area (Å²) in [6.45, 7) is -4.66. The lowest BCUT2D eigenvalue weighted by Crippen LogP contribution is -2.68. The second-order valence-electron chi connectivity index (χ2n) is 28.7. The highest BCUT2D eigenvalue weighted by atomic mass is 32.1. The van der Waals surface area contributed by atoms with Gasteiger partial charge in [-0.1, -0.05) is 24.3 Å². The molecule has 112 heavy (non-hydrogen) atoms. The number of nitrogens with one attached hydrogen (secondary N) is 5. The highest BCUT2D eigenvalue weighted by Gasteiger charge is 2.59. The lowest BCUT2D eigenvalue weighted by Gasteiger charge is -2.50. The van der Waals surface area contributed by atoms with Gasteiger partial charge in [-0.25, -0.2) is 9.97 Å². The smallest absolute Gasteiger partial charge is 0.187 e. The average molecular weight is 1630 g/mol. The van der Waals surface area contributed by atoms with Gasteiger partial charge in [0.05, 0.1) is 70.2 Å². The molecule has 43 heteroatoms. The molecule has 622 valence electrons. The highest BCUT2D eigenvalue weighted by molar-refractivity contribution is 7.10. The zero-order chi connectivity index (χ0) is 79.2. The normalized spacial score (nSPS) is 41.9. The number of rotatable bonds is 11. The zero-order valence-electron chi connectivity index (χ0n) is 59.8. The van der Waals surface area contributed by atoms with Gasteiger partial charge < -0.3 is 190 Å². The molecule has 0 spiro atoms. The van der Waals surface area contributed by atoms with Crippen LogP contribution in [0.2, 0.25) is 0 Å². The quantitative estimate of drug-likeness (QED) is 0.0325. The summed E-state index contributed by atoms with van der Waals surface area (Å²) in [6.07, 6.45) is -62.0. The van der Waals surface area contributed by atoms with E-state index in [1.54, 1.807) is 5.38 Å². The van der Waals surface area contributed by atoms with Gasteiger partial charge in [0.25, 0.3) is 0 Å². The molecule has 34 atom stereocenters. The van der Waals surface area contributed by atoms with E-state index >= 15 is 0 Å². The Morgan fingerprint density at radius 2 is 0.857 bits per heavy atom. The van der Waals surface area contributed by atoms with Crippen molar-refractivity contribution in [3.63, 3.8) is 0 Å². The third kappa shape index (κ3) is 16.8. The maximum Gasteiger partial charge on any atom is 0.187 e. The predicted octanol–water partition coefficient (Wildman–Crippen LogP) is -8.71. The molecule has 14 bridgehead atoms. The third-order valence-electron chi connectivity index (χ3n) is 21.6. The molecule has 2 aromatic heterocycles. The minimum Gasteiger partial charge on any atom is -0.394 e. The van der Waals surface area contributed by atoms with Crippen LogP contribution < -0.4 is 32.5 Å². The Balaban J connectivity index is 0.742. The number of hydrogen-bond acceptors (Lipinski definition) is 43. The summed E-state index contributed by atoms with van der Waals surface area (Å²) in [5.74, 6) is 5.92. The van der Waals surface area contributed by atoms with E-state index < -0.39 is 242 Å². The molecule has 0 radical (unpaired) electrons. The maximum atomic E-state index is 12.2. The zero-order valence-corrected chi connectivity index (χ0v) is 61.4. The van der Waals surface area contributed by atoms with Crippen LogP contribution in [0.25, 0.3) is 32.3 Å². The van der Waals surface area contributed by atoms with Crippen molar-refractivity contribution < 1.29 is 163 Å². The lowest BCUT2D eigenvalue weighted by molar-refractivity contribution is -0.396. The number of methoxy groups -OCH3 is 1. The van der Waals surface area contributed by atoms with Crippen molar-refractivity contribution in [2.45, 2.75) is 235 Å². The topological polar surface area (TPSA) is 626 Å². The molecule has 26 N–H and O–H groups in total. The Bertz CT molecular complexity index is 4010. The molecule has 7 fully saturated rings. The molecule has 4 aromatic carbocycles. The summed E-state index contributed by atoms with van der Waals surface area (Å²) < 4.78 is 82.7. The number of thiazole rings is 2. The van der Waals surface area contributed by atoms with Gasteiger partial charge in [0.2, 0.25) is 0 Å². The molecule has 11 aliphatic heterocycles. The molecule has 7 saturated heterocycles. The number of nitrogen functional groups attached to an aromatic ring is 1. The Morgan fingerprint density at radius 1 is 0.438 bits per heavy atom. The highest BCUT2D eigenvalue weighted by Crippen LogP contribution is 2.44. The van der Waals surface area contributed by atoms with Crippen molar-refractivity contribution >= 4 is 72.1 Å². The number of benzene rings is 4. The van der Waals surface area contributed by atoms with Gasteiger partial charge >= 0.3 is 0 Å². The first-order valence-electron chi connectivity index (χ1n) is 36.5. The Kier molecular flexibility index (Phi) is 27.0. The lowest BCUT2D eigenvalue weighted by atomic mass is 9.92. The minimum atomic E-state index is -2.23. The molecule has 0 aliphatic carbocycles. The van der Waals surface area contributed by atoms with Crippen LogP contribution in [0.3, 0.4) is 0 Å². The van der Waals surface area contributed by atoms with Crippen molar-refractivity contribution in [3.05, 3.63) is 74.6 Å². The molecule has 11 aliphatic rings. The molecule has 13 heterocycles. The second kappa shape index (κ2) is 36.2. The molecule has 41 nitrogen and oxygen atoms in total. The summed E-state index contributed by atoms with van der Waals surface area (Å²) in [7, 11) is 1.20. The van der Waals surface area contributed by atoms with Crippen LogP contribution in [0.5, 0.6) is 0 Å². The number of nitrogens with zero attached hydrogens (tertiary/aromatic N) is 2. The first kappa shape index (κ1) is 83.6. The number of nitrogens with two attached hydrogens (primary N) is 1. The first-order valence-corrected chi connectivity index (χ1v) is 38.3. The summed E-state index contributed by atoms with van der Waals surface area (Å²) in [5.41, 5.74) is 6.13. The van der Waals surface area contributed by atoms with Gasteiger partial charge in [0.15, 0.2) is 37.7 Å². The third-order valence-corrected chi connectivity index (χ3v) is 23.4.